The third kappa shape index (κ3) is 3.36. The first-order chi connectivity index (χ1) is 16.1. The first kappa shape index (κ1) is 21.2. The van der Waals surface area contributed by atoms with Gasteiger partial charge in [0, 0.05) is 43.9 Å². The van der Waals surface area contributed by atoms with E-state index in [0.717, 1.165) is 35.0 Å². The summed E-state index contributed by atoms with van der Waals surface area (Å²) in [5.41, 5.74) is 0.715. The molecule has 34 heavy (non-hydrogen) atoms. The van der Waals surface area contributed by atoms with E-state index >= 15 is 0 Å². The molecule has 1 amide bonds. The van der Waals surface area contributed by atoms with Gasteiger partial charge in [0.05, 0.1) is 16.6 Å². The summed E-state index contributed by atoms with van der Waals surface area (Å²) < 4.78 is 46.2. The van der Waals surface area contributed by atoms with Gasteiger partial charge >= 0.3 is 6.18 Å². The smallest absolute Gasteiger partial charge is 0.416 e. The molecule has 1 spiro atoms. The third-order valence-electron chi connectivity index (χ3n) is 7.34. The molecule has 0 bridgehead atoms. The Bertz CT molecular complexity index is 1320. The molecule has 2 aliphatic carbocycles. The monoisotopic (exact) mass is 469 g/mol. The Morgan fingerprint density at radius 1 is 1.15 bits per heavy atom. The minimum atomic E-state index is -4.41. The van der Waals surface area contributed by atoms with E-state index in [9.17, 15) is 22.8 Å². The van der Waals surface area contributed by atoms with Crippen molar-refractivity contribution in [2.75, 3.05) is 6.54 Å². The molecule has 0 N–H and O–H groups in total. The van der Waals surface area contributed by atoms with E-state index in [1.807, 2.05) is 24.2 Å². The number of nitrogens with zero attached hydrogens (tertiary/aromatic N) is 3. The van der Waals surface area contributed by atoms with Gasteiger partial charge in [-0.3, -0.25) is 14.3 Å². The fourth-order valence-electron chi connectivity index (χ4n) is 5.39. The summed E-state index contributed by atoms with van der Waals surface area (Å²) in [7, 11) is 1.81. The molecule has 2 saturated carbocycles. The molecule has 2 atom stereocenters. The van der Waals surface area contributed by atoms with Gasteiger partial charge in [-0.15, -0.1) is 0 Å². The Labute approximate surface area is 193 Å². The number of rotatable bonds is 4. The lowest BCUT2D eigenvalue weighted by Crippen LogP contribution is -2.68. The number of benzene rings is 2. The van der Waals surface area contributed by atoms with Crippen molar-refractivity contribution in [2.24, 2.45) is 13.0 Å². The van der Waals surface area contributed by atoms with Gasteiger partial charge in [-0.2, -0.15) is 18.3 Å². The van der Waals surface area contributed by atoms with Crippen LogP contribution >= 0.6 is 0 Å². The zero-order chi connectivity index (χ0) is 23.8. The van der Waals surface area contributed by atoms with E-state index in [0.29, 0.717) is 37.3 Å². The maximum atomic E-state index is 13.2. The first-order valence-corrected chi connectivity index (χ1v) is 11.3. The fraction of sp³-hybridized carbons (Fsp3) is 0.400. The standard InChI is InChI=1S/C25H22F3N3O3/c1-30-13-14-8-18(34-17-4-2-15(3-5-17)25(26,27)28)9-20(22(14)29-30)19-10-21(19)23(33)31-7-6-24(31)11-16(32)12-24/h2-5,8-9,13,19,21H,6-7,10-12H2,1H3/t19-,21+/m0/s1. The second kappa shape index (κ2) is 7.07. The van der Waals surface area contributed by atoms with Crippen LogP contribution in [0.4, 0.5) is 13.2 Å². The van der Waals surface area contributed by atoms with Gasteiger partial charge < -0.3 is 9.64 Å². The Kier molecular flexibility index (Phi) is 4.41. The number of alkyl halides is 3. The molecule has 1 aliphatic heterocycles. The molecule has 176 valence electrons. The van der Waals surface area contributed by atoms with Crippen molar-refractivity contribution >= 4 is 22.6 Å². The van der Waals surface area contributed by atoms with Crippen molar-refractivity contribution in [2.45, 2.75) is 43.3 Å². The summed E-state index contributed by atoms with van der Waals surface area (Å²) in [6.45, 7) is 0.700. The minimum Gasteiger partial charge on any atom is -0.457 e. The van der Waals surface area contributed by atoms with Crippen molar-refractivity contribution < 1.29 is 27.5 Å². The van der Waals surface area contributed by atoms with Gasteiger partial charge in [-0.05, 0) is 60.7 Å². The Morgan fingerprint density at radius 2 is 1.88 bits per heavy atom. The van der Waals surface area contributed by atoms with E-state index < -0.39 is 11.7 Å². The maximum Gasteiger partial charge on any atom is 0.416 e. The van der Waals surface area contributed by atoms with Crippen LogP contribution in [0.2, 0.25) is 0 Å². The summed E-state index contributed by atoms with van der Waals surface area (Å²) in [6.07, 6.45) is -0.0244. The van der Waals surface area contributed by atoms with Crippen LogP contribution in [0, 0.1) is 5.92 Å². The first-order valence-electron chi connectivity index (χ1n) is 11.3. The summed E-state index contributed by atoms with van der Waals surface area (Å²) >= 11 is 0. The third-order valence-corrected chi connectivity index (χ3v) is 7.34. The highest BCUT2D eigenvalue weighted by Crippen LogP contribution is 2.54. The SMILES string of the molecule is Cn1cc2cc(Oc3ccc(C(F)(F)F)cc3)cc([C@@H]3C[C@H]3C(=O)N3CCC34CC(=O)C4)c2n1. The number of carbonyl (C=O) groups is 2. The predicted octanol–water partition coefficient (Wildman–Crippen LogP) is 4.82. The molecule has 1 aromatic heterocycles. The number of hydrogen-bond acceptors (Lipinski definition) is 4. The molecule has 3 fully saturated rings. The maximum absolute atomic E-state index is 13.2. The van der Waals surface area contributed by atoms with Crippen LogP contribution in [0.1, 0.15) is 42.7 Å². The Morgan fingerprint density at radius 3 is 2.50 bits per heavy atom. The molecule has 3 aromatic rings. The lowest BCUT2D eigenvalue weighted by Gasteiger charge is -2.57. The molecular weight excluding hydrogens is 447 g/mol. The van der Waals surface area contributed by atoms with Crippen LogP contribution in [0.3, 0.4) is 0 Å². The fourth-order valence-corrected chi connectivity index (χ4v) is 5.39. The predicted molar refractivity (Wildman–Crippen MR) is 116 cm³/mol. The second-order valence-corrected chi connectivity index (χ2v) is 9.68. The molecule has 0 radical (unpaired) electrons. The number of ketones is 1. The Balaban J connectivity index is 1.25. The van der Waals surface area contributed by atoms with Crippen LogP contribution in [0.15, 0.2) is 42.6 Å². The van der Waals surface area contributed by atoms with Gasteiger partial charge in [-0.1, -0.05) is 0 Å². The van der Waals surface area contributed by atoms with Crippen LogP contribution < -0.4 is 4.74 Å². The summed E-state index contributed by atoms with van der Waals surface area (Å²) in [5.74, 6) is 0.935. The van der Waals surface area contributed by atoms with Crippen LogP contribution in [0.5, 0.6) is 11.5 Å². The van der Waals surface area contributed by atoms with Crippen molar-refractivity contribution in [3.05, 3.63) is 53.7 Å². The number of Topliss-reactive ketones (excluding diaryl/α,β-unsaturated/α-hetero) is 1. The zero-order valence-corrected chi connectivity index (χ0v) is 18.4. The largest absolute Gasteiger partial charge is 0.457 e. The van der Waals surface area contributed by atoms with Crippen LogP contribution in [-0.2, 0) is 22.8 Å². The van der Waals surface area contributed by atoms with E-state index in [2.05, 4.69) is 5.10 Å². The molecule has 3 aliphatic rings. The lowest BCUT2D eigenvalue weighted by atomic mass is 9.66. The Hall–Kier alpha value is -3.36. The lowest BCUT2D eigenvalue weighted by molar-refractivity contribution is -0.163. The highest BCUT2D eigenvalue weighted by molar-refractivity contribution is 5.93. The summed E-state index contributed by atoms with van der Waals surface area (Å²) in [5, 5.41) is 5.40. The number of fused-ring (bicyclic) bond motifs is 1. The van der Waals surface area contributed by atoms with Gasteiger partial charge in [0.15, 0.2) is 0 Å². The summed E-state index contributed by atoms with van der Waals surface area (Å²) in [4.78, 5) is 26.6. The molecule has 2 heterocycles. The van der Waals surface area contributed by atoms with Crippen molar-refractivity contribution in [1.29, 1.82) is 0 Å². The molecule has 9 heteroatoms. The number of carbonyl (C=O) groups excluding carboxylic acids is 2. The topological polar surface area (TPSA) is 64.4 Å². The number of amides is 1. The van der Waals surface area contributed by atoms with Crippen molar-refractivity contribution in [3.63, 3.8) is 0 Å². The van der Waals surface area contributed by atoms with E-state index in [4.69, 9.17) is 4.74 Å². The molecule has 0 unspecified atom stereocenters. The summed E-state index contributed by atoms with van der Waals surface area (Å²) in [6, 6.07) is 8.20. The zero-order valence-electron chi connectivity index (χ0n) is 18.4. The quantitative estimate of drug-likeness (QED) is 0.550. The van der Waals surface area contributed by atoms with Crippen molar-refractivity contribution in [3.8, 4) is 11.5 Å². The van der Waals surface area contributed by atoms with E-state index in [-0.39, 0.29) is 29.1 Å². The average Bonchev–Trinajstić information content (AvgIpc) is 3.44. The second-order valence-electron chi connectivity index (χ2n) is 9.68. The number of aryl methyl sites for hydroxylation is 1. The highest BCUT2D eigenvalue weighted by Gasteiger charge is 2.59. The molecule has 6 nitrogen and oxygen atoms in total. The molecule has 2 aromatic carbocycles. The number of hydrogen-bond donors (Lipinski definition) is 0. The normalized spacial score (nSPS) is 23.1. The number of aromatic nitrogens is 2. The van der Waals surface area contributed by atoms with Gasteiger partial charge in [0.1, 0.15) is 17.3 Å². The highest BCUT2D eigenvalue weighted by atomic mass is 19.4. The van der Waals surface area contributed by atoms with Gasteiger partial charge in [0.2, 0.25) is 5.91 Å². The van der Waals surface area contributed by atoms with Crippen LogP contribution in [-0.4, -0.2) is 38.5 Å². The molecular formula is C25H22F3N3O3. The van der Waals surface area contributed by atoms with Gasteiger partial charge in [-0.25, -0.2) is 0 Å². The van der Waals surface area contributed by atoms with E-state index in [1.165, 1.54) is 12.1 Å². The molecule has 6 rings (SSSR count). The number of halogens is 3. The average molecular weight is 469 g/mol. The van der Waals surface area contributed by atoms with Gasteiger partial charge in [0.25, 0.3) is 0 Å². The molecule has 1 saturated heterocycles. The van der Waals surface area contributed by atoms with Crippen LogP contribution in [0.25, 0.3) is 10.9 Å². The van der Waals surface area contributed by atoms with E-state index in [1.54, 1.807) is 10.7 Å². The number of ether oxygens (including phenoxy) is 1. The minimum absolute atomic E-state index is 0.00511. The van der Waals surface area contributed by atoms with Crippen molar-refractivity contribution in [1.82, 2.24) is 14.7 Å². The number of likely N-dealkylation sites (tertiary alicyclic amines) is 1.